The highest BCUT2D eigenvalue weighted by molar-refractivity contribution is 7.12. The molecule has 39 valence electrons. The molecule has 0 saturated heterocycles. The summed E-state index contributed by atoms with van der Waals surface area (Å²) in [4.78, 5) is 1.68. The minimum absolute atomic E-state index is 0.731. The molecule has 0 saturated carbocycles. The van der Waals surface area contributed by atoms with Gasteiger partial charge < -0.3 is 0 Å². The van der Waals surface area contributed by atoms with Crippen LogP contribution in [0, 0.1) is 18.3 Å². The maximum atomic E-state index is 8.28. The quantitative estimate of drug-likeness (QED) is 0.514. The molecule has 0 aliphatic heterocycles. The Bertz CT molecular complexity index is 219. The smallest absolute Gasteiger partial charge is 0.110 e. The van der Waals surface area contributed by atoms with Gasteiger partial charge in [-0.15, -0.1) is 11.3 Å². The first kappa shape index (κ1) is 5.33. The third-order valence-corrected chi connectivity index (χ3v) is 1.62. The van der Waals surface area contributed by atoms with Crippen LogP contribution >= 0.6 is 11.3 Å². The summed E-state index contributed by atoms with van der Waals surface area (Å²) in [5.74, 6) is 0. The fourth-order valence-corrected chi connectivity index (χ4v) is 1.04. The molecular formula is C6H4NS. The van der Waals surface area contributed by atoms with Gasteiger partial charge in [-0.25, -0.2) is 0 Å². The molecule has 0 aromatic carbocycles. The van der Waals surface area contributed by atoms with E-state index >= 15 is 0 Å². The molecule has 0 spiro atoms. The van der Waals surface area contributed by atoms with Crippen molar-refractivity contribution >= 4 is 11.3 Å². The van der Waals surface area contributed by atoms with E-state index in [0.29, 0.717) is 0 Å². The van der Waals surface area contributed by atoms with Crippen LogP contribution in [0.2, 0.25) is 0 Å². The lowest BCUT2D eigenvalue weighted by molar-refractivity contribution is 1.52. The number of rotatable bonds is 0. The van der Waals surface area contributed by atoms with E-state index in [4.69, 9.17) is 5.26 Å². The van der Waals surface area contributed by atoms with Crippen molar-refractivity contribution in [2.45, 2.75) is 0 Å². The van der Waals surface area contributed by atoms with Crippen LogP contribution in [0.1, 0.15) is 9.75 Å². The van der Waals surface area contributed by atoms with Crippen molar-refractivity contribution in [3.8, 4) is 6.07 Å². The van der Waals surface area contributed by atoms with Crippen molar-refractivity contribution in [2.24, 2.45) is 0 Å². The van der Waals surface area contributed by atoms with Gasteiger partial charge in [0.15, 0.2) is 0 Å². The van der Waals surface area contributed by atoms with Gasteiger partial charge in [-0.1, -0.05) is 0 Å². The van der Waals surface area contributed by atoms with Crippen LogP contribution in [0.15, 0.2) is 12.1 Å². The SMILES string of the molecule is [CH2]c1ccc(C#N)s1. The maximum Gasteiger partial charge on any atom is 0.110 e. The third kappa shape index (κ3) is 0.877. The van der Waals surface area contributed by atoms with Gasteiger partial charge in [0.05, 0.1) is 0 Å². The van der Waals surface area contributed by atoms with E-state index in [2.05, 4.69) is 6.92 Å². The lowest BCUT2D eigenvalue weighted by atomic mass is 10.5. The molecule has 0 unspecified atom stereocenters. The molecule has 0 fully saturated rings. The average Bonchev–Trinajstić information content (AvgIpc) is 2.14. The molecule has 1 aromatic heterocycles. The summed E-state index contributed by atoms with van der Waals surface area (Å²) in [6, 6.07) is 5.63. The predicted octanol–water partition coefficient (Wildman–Crippen LogP) is 1.80. The van der Waals surface area contributed by atoms with Gasteiger partial charge in [-0.2, -0.15) is 5.26 Å². The molecule has 0 amide bonds. The van der Waals surface area contributed by atoms with Crippen molar-refractivity contribution in [1.29, 1.82) is 5.26 Å². The van der Waals surface area contributed by atoms with Gasteiger partial charge >= 0.3 is 0 Å². The maximum absolute atomic E-state index is 8.28. The summed E-state index contributed by atoms with van der Waals surface area (Å²) in [6.45, 7) is 3.66. The summed E-state index contributed by atoms with van der Waals surface area (Å²) in [7, 11) is 0. The molecule has 0 aliphatic carbocycles. The molecular weight excluding hydrogens is 118 g/mol. The Labute approximate surface area is 52.2 Å². The van der Waals surface area contributed by atoms with E-state index in [9.17, 15) is 0 Å². The van der Waals surface area contributed by atoms with Crippen molar-refractivity contribution < 1.29 is 0 Å². The van der Waals surface area contributed by atoms with Crippen LogP contribution in [-0.4, -0.2) is 0 Å². The fraction of sp³-hybridized carbons (Fsp3) is 0. The third-order valence-electron chi connectivity index (χ3n) is 0.772. The van der Waals surface area contributed by atoms with Crippen LogP contribution in [-0.2, 0) is 0 Å². The van der Waals surface area contributed by atoms with Crippen molar-refractivity contribution in [3.05, 3.63) is 28.8 Å². The van der Waals surface area contributed by atoms with Gasteiger partial charge in [-0.05, 0) is 19.1 Å². The second-order valence-corrected chi connectivity index (χ2v) is 2.55. The van der Waals surface area contributed by atoms with Crippen LogP contribution in [0.4, 0.5) is 0 Å². The van der Waals surface area contributed by atoms with Crippen LogP contribution < -0.4 is 0 Å². The molecule has 8 heavy (non-hydrogen) atoms. The zero-order chi connectivity index (χ0) is 5.98. The van der Waals surface area contributed by atoms with E-state index in [0.717, 1.165) is 9.75 Å². The van der Waals surface area contributed by atoms with Gasteiger partial charge in [0, 0.05) is 4.88 Å². The summed E-state index contributed by atoms with van der Waals surface area (Å²) >= 11 is 1.42. The second kappa shape index (κ2) is 1.97. The molecule has 2 heteroatoms. The molecule has 0 N–H and O–H groups in total. The standard InChI is InChI=1S/C6H4NS/c1-5-2-3-6(4-7)8-5/h2-3H,1H2. The molecule has 1 rings (SSSR count). The average molecular weight is 122 g/mol. The Morgan fingerprint density at radius 2 is 2.38 bits per heavy atom. The zero-order valence-electron chi connectivity index (χ0n) is 4.22. The Balaban J connectivity index is 3.05. The lowest BCUT2D eigenvalue weighted by Gasteiger charge is -1.69. The molecule has 1 nitrogen and oxygen atoms in total. The van der Waals surface area contributed by atoms with Crippen LogP contribution in [0.3, 0.4) is 0 Å². The minimum atomic E-state index is 0.731. The van der Waals surface area contributed by atoms with Gasteiger partial charge in [0.25, 0.3) is 0 Å². The predicted molar refractivity (Wildman–Crippen MR) is 33.5 cm³/mol. The Morgan fingerprint density at radius 1 is 1.62 bits per heavy atom. The molecule has 1 aromatic rings. The Kier molecular flexibility index (Phi) is 1.32. The fourth-order valence-electron chi connectivity index (χ4n) is 0.438. The molecule has 0 atom stereocenters. The monoisotopic (exact) mass is 122 g/mol. The molecule has 0 aliphatic rings. The number of hydrogen-bond acceptors (Lipinski definition) is 2. The zero-order valence-corrected chi connectivity index (χ0v) is 5.03. The minimum Gasteiger partial charge on any atom is -0.192 e. The number of nitrogens with zero attached hydrogens (tertiary/aromatic N) is 1. The summed E-state index contributed by atoms with van der Waals surface area (Å²) in [5.41, 5.74) is 0. The lowest BCUT2D eigenvalue weighted by Crippen LogP contribution is -1.50. The van der Waals surface area contributed by atoms with Gasteiger partial charge in [0.1, 0.15) is 10.9 Å². The Morgan fingerprint density at radius 3 is 2.62 bits per heavy atom. The Hall–Kier alpha value is -0.810. The van der Waals surface area contributed by atoms with Gasteiger partial charge in [-0.3, -0.25) is 0 Å². The van der Waals surface area contributed by atoms with Crippen LogP contribution in [0.5, 0.6) is 0 Å². The number of hydrogen-bond donors (Lipinski definition) is 0. The van der Waals surface area contributed by atoms with Crippen molar-refractivity contribution in [1.82, 2.24) is 0 Å². The van der Waals surface area contributed by atoms with Crippen LogP contribution in [0.25, 0.3) is 0 Å². The number of nitriles is 1. The summed E-state index contributed by atoms with van der Waals surface area (Å²) in [5, 5.41) is 8.28. The van der Waals surface area contributed by atoms with Gasteiger partial charge in [0.2, 0.25) is 0 Å². The first-order chi connectivity index (χ1) is 3.83. The largest absolute Gasteiger partial charge is 0.192 e. The van der Waals surface area contributed by atoms with E-state index in [-0.39, 0.29) is 0 Å². The first-order valence-electron chi connectivity index (χ1n) is 2.15. The molecule has 1 heterocycles. The first-order valence-corrected chi connectivity index (χ1v) is 2.96. The highest BCUT2D eigenvalue weighted by Gasteiger charge is 1.90. The normalized spacial score (nSPS) is 8.50. The highest BCUT2D eigenvalue weighted by Crippen LogP contribution is 2.12. The summed E-state index contributed by atoms with van der Waals surface area (Å²) in [6.07, 6.45) is 0. The molecule has 1 radical (unpaired) electrons. The highest BCUT2D eigenvalue weighted by atomic mass is 32.1. The van der Waals surface area contributed by atoms with E-state index in [1.54, 1.807) is 6.07 Å². The number of thiophene rings is 1. The van der Waals surface area contributed by atoms with Crippen molar-refractivity contribution in [2.75, 3.05) is 0 Å². The van der Waals surface area contributed by atoms with E-state index in [1.807, 2.05) is 12.1 Å². The topological polar surface area (TPSA) is 23.8 Å². The van der Waals surface area contributed by atoms with E-state index < -0.39 is 0 Å². The van der Waals surface area contributed by atoms with E-state index in [1.165, 1.54) is 11.3 Å². The molecule has 0 bridgehead atoms. The summed E-state index contributed by atoms with van der Waals surface area (Å²) < 4.78 is 0. The second-order valence-electron chi connectivity index (χ2n) is 1.38. The van der Waals surface area contributed by atoms with Crippen molar-refractivity contribution in [3.63, 3.8) is 0 Å².